The Kier molecular flexibility index (Phi) is 11.3. The van der Waals surface area contributed by atoms with Gasteiger partial charge in [-0.25, -0.2) is 19.4 Å². The molecule has 2 fully saturated rings. The number of nitrogens with zero attached hydrogens (tertiary/aromatic N) is 8. The maximum atomic E-state index is 14.1. The number of anilines is 1. The maximum Gasteiger partial charge on any atom is 0.314 e. The highest BCUT2D eigenvalue weighted by atomic mass is 16.6. The summed E-state index contributed by atoms with van der Waals surface area (Å²) in [5, 5.41) is 22.6. The van der Waals surface area contributed by atoms with Gasteiger partial charge >= 0.3 is 6.03 Å². The number of para-hydroxylation sites is 1. The minimum absolute atomic E-state index is 0.0403. The third kappa shape index (κ3) is 7.59. The van der Waals surface area contributed by atoms with Gasteiger partial charge in [-0.2, -0.15) is 5.10 Å². The van der Waals surface area contributed by atoms with Gasteiger partial charge in [0.25, 0.3) is 5.69 Å². The van der Waals surface area contributed by atoms with Crippen molar-refractivity contribution in [2.75, 3.05) is 71.5 Å². The number of hydrogen-bond donors (Lipinski definition) is 2. The van der Waals surface area contributed by atoms with Crippen LogP contribution < -0.4 is 25.0 Å². The average Bonchev–Trinajstić information content (AvgIpc) is 3.62. The molecule has 0 bridgehead atoms. The molecule has 4 aromatic rings. The lowest BCUT2D eigenvalue weighted by atomic mass is 9.68. The smallest absolute Gasteiger partial charge is 0.314 e. The normalized spacial score (nSPS) is 19.9. The van der Waals surface area contributed by atoms with E-state index < -0.39 is 0 Å². The number of carbonyl (C=O) groups excluding carboxylic acids is 2. The molecule has 4 heterocycles. The van der Waals surface area contributed by atoms with Gasteiger partial charge in [0.1, 0.15) is 12.1 Å². The van der Waals surface area contributed by atoms with Crippen LogP contribution in [0.1, 0.15) is 55.7 Å². The maximum absolute atomic E-state index is 14.1. The number of carbonyl (C=O) groups is 2. The van der Waals surface area contributed by atoms with Crippen LogP contribution in [0.5, 0.6) is 11.5 Å². The fourth-order valence-electron chi connectivity index (χ4n) is 8.78. The molecule has 0 radical (unpaired) electrons. The van der Waals surface area contributed by atoms with Crippen molar-refractivity contribution >= 4 is 34.5 Å². The van der Waals surface area contributed by atoms with Crippen molar-refractivity contribution in [3.63, 3.8) is 0 Å². The summed E-state index contributed by atoms with van der Waals surface area (Å²) in [6.45, 7) is 7.43. The summed E-state index contributed by atoms with van der Waals surface area (Å²) >= 11 is 0. The first-order chi connectivity index (χ1) is 26.8. The Labute approximate surface area is 320 Å². The number of nitrogens with one attached hydrogen (secondary N) is 2. The van der Waals surface area contributed by atoms with Crippen molar-refractivity contribution in [1.82, 2.24) is 40.2 Å². The molecule has 3 amide bonds. The van der Waals surface area contributed by atoms with Crippen LogP contribution in [0.25, 0.3) is 11.0 Å². The second-order valence-corrected chi connectivity index (χ2v) is 14.5. The van der Waals surface area contributed by atoms with Crippen LogP contribution in [-0.4, -0.2) is 113 Å². The number of hydrogen-bond acceptors (Lipinski definition) is 11. The van der Waals surface area contributed by atoms with E-state index in [0.29, 0.717) is 56.2 Å². The van der Waals surface area contributed by atoms with Crippen LogP contribution in [-0.2, 0) is 23.3 Å². The molecule has 16 heteroatoms. The summed E-state index contributed by atoms with van der Waals surface area (Å²) in [5.41, 5.74) is 3.48. The lowest BCUT2D eigenvalue weighted by Crippen LogP contribution is -2.55. The van der Waals surface area contributed by atoms with E-state index in [2.05, 4.69) is 47.6 Å². The zero-order valence-electron chi connectivity index (χ0n) is 31.8. The largest absolute Gasteiger partial charge is 0.493 e. The molecule has 292 valence electrons. The van der Waals surface area contributed by atoms with Crippen LogP contribution in [0.3, 0.4) is 0 Å². The van der Waals surface area contributed by atoms with E-state index in [-0.39, 0.29) is 40.6 Å². The standard InChI is InChI=1S/C39H50N10O6/c1-4-40-38(51)41-15-7-16-47-17-12-28-22-33(54-2)34(55-3)23-31(28)39(47)13-10-27(11-14-39)37(50)46-20-18-45(19-21-46)35-30-24-44-48(36(30)43-26-42-35)25-29-8-5-6-9-32(29)49(52)53/h5-6,8-9,22-24,26-27H,4,7,10-21,25H2,1-3H3,(H2,40,41,51). The Morgan fingerprint density at radius 3 is 2.47 bits per heavy atom. The zero-order valence-corrected chi connectivity index (χ0v) is 31.8. The highest BCUT2D eigenvalue weighted by molar-refractivity contribution is 5.87. The Hall–Kier alpha value is -5.51. The van der Waals surface area contributed by atoms with Gasteiger partial charge in [-0.05, 0) is 68.7 Å². The number of ether oxygens (including phenoxy) is 2. The van der Waals surface area contributed by atoms with E-state index in [1.807, 2.05) is 11.8 Å². The Morgan fingerprint density at radius 1 is 1.00 bits per heavy atom. The first-order valence-corrected chi connectivity index (χ1v) is 19.2. The number of nitro groups is 1. The molecule has 16 nitrogen and oxygen atoms in total. The fourth-order valence-corrected chi connectivity index (χ4v) is 8.78. The van der Waals surface area contributed by atoms with Crippen LogP contribution in [0, 0.1) is 16.0 Å². The van der Waals surface area contributed by atoms with Crippen LogP contribution >= 0.6 is 0 Å². The van der Waals surface area contributed by atoms with E-state index >= 15 is 0 Å². The van der Waals surface area contributed by atoms with E-state index in [0.717, 1.165) is 68.6 Å². The molecule has 1 aliphatic carbocycles. The highest BCUT2D eigenvalue weighted by Gasteiger charge is 2.47. The Morgan fingerprint density at radius 2 is 1.75 bits per heavy atom. The van der Waals surface area contributed by atoms with E-state index in [1.54, 1.807) is 43.3 Å². The molecule has 2 aromatic heterocycles. The molecule has 2 N–H and O–H groups in total. The molecule has 2 aliphatic heterocycles. The quantitative estimate of drug-likeness (QED) is 0.121. The number of benzene rings is 2. The lowest BCUT2D eigenvalue weighted by molar-refractivity contribution is -0.385. The zero-order chi connectivity index (χ0) is 38.5. The summed E-state index contributed by atoms with van der Waals surface area (Å²) in [6, 6.07) is 10.8. The fraction of sp³-hybridized carbons (Fsp3) is 0.513. The van der Waals surface area contributed by atoms with E-state index in [1.165, 1.54) is 23.5 Å². The Bertz CT molecular complexity index is 2020. The summed E-state index contributed by atoms with van der Waals surface area (Å²) in [4.78, 5) is 53.1. The predicted molar refractivity (Wildman–Crippen MR) is 206 cm³/mol. The van der Waals surface area contributed by atoms with Gasteiger partial charge in [-0.1, -0.05) is 18.2 Å². The molecule has 1 spiro atoms. The van der Waals surface area contributed by atoms with Crippen molar-refractivity contribution in [2.45, 2.75) is 57.5 Å². The number of piperazine rings is 1. The van der Waals surface area contributed by atoms with E-state index in [9.17, 15) is 19.7 Å². The summed E-state index contributed by atoms with van der Waals surface area (Å²) in [7, 11) is 3.33. The number of nitro benzene ring substituents is 1. The van der Waals surface area contributed by atoms with Gasteiger partial charge < -0.3 is 29.9 Å². The van der Waals surface area contributed by atoms with Gasteiger partial charge in [0, 0.05) is 69.9 Å². The molecule has 55 heavy (non-hydrogen) atoms. The van der Waals surface area contributed by atoms with Crippen LogP contribution in [0.4, 0.5) is 16.3 Å². The monoisotopic (exact) mass is 754 g/mol. The average molecular weight is 755 g/mol. The molecule has 1 saturated heterocycles. The van der Waals surface area contributed by atoms with Crippen molar-refractivity contribution in [3.8, 4) is 11.5 Å². The number of urea groups is 1. The van der Waals surface area contributed by atoms with Gasteiger partial charge in [-0.15, -0.1) is 0 Å². The number of fused-ring (bicyclic) bond motifs is 3. The number of methoxy groups -OCH3 is 2. The van der Waals surface area contributed by atoms with Crippen molar-refractivity contribution in [1.29, 1.82) is 0 Å². The second-order valence-electron chi connectivity index (χ2n) is 14.5. The van der Waals surface area contributed by atoms with Gasteiger partial charge in [0.15, 0.2) is 17.1 Å². The second kappa shape index (κ2) is 16.5. The molecule has 0 unspecified atom stereocenters. The third-order valence-electron chi connectivity index (χ3n) is 11.6. The van der Waals surface area contributed by atoms with Gasteiger partial charge in [0.2, 0.25) is 5.91 Å². The highest BCUT2D eigenvalue weighted by Crippen LogP contribution is 2.50. The van der Waals surface area contributed by atoms with Crippen LogP contribution in [0.15, 0.2) is 48.9 Å². The molecule has 7 rings (SSSR count). The number of rotatable bonds is 12. The Balaban J connectivity index is 1.01. The van der Waals surface area contributed by atoms with Gasteiger partial charge in [-0.3, -0.25) is 19.8 Å². The minimum Gasteiger partial charge on any atom is -0.493 e. The molecule has 3 aliphatic rings. The van der Waals surface area contributed by atoms with Crippen molar-refractivity contribution in [3.05, 3.63) is 75.7 Å². The predicted octanol–water partition coefficient (Wildman–Crippen LogP) is 4.10. The topological polar surface area (TPSA) is 173 Å². The first kappa shape index (κ1) is 37.8. The lowest BCUT2D eigenvalue weighted by Gasteiger charge is -2.52. The number of aromatic nitrogens is 4. The van der Waals surface area contributed by atoms with Gasteiger partial charge in [0.05, 0.1) is 42.8 Å². The summed E-state index contributed by atoms with van der Waals surface area (Å²) in [6.07, 6.45) is 8.20. The van der Waals surface area contributed by atoms with Crippen molar-refractivity contribution < 1.29 is 24.0 Å². The molecule has 0 atom stereocenters. The molecular formula is C39H50N10O6. The molecular weight excluding hydrogens is 704 g/mol. The first-order valence-electron chi connectivity index (χ1n) is 19.2. The molecule has 2 aromatic carbocycles. The van der Waals surface area contributed by atoms with Crippen molar-refractivity contribution in [2.24, 2.45) is 5.92 Å². The molecule has 1 saturated carbocycles. The number of amides is 3. The third-order valence-corrected chi connectivity index (χ3v) is 11.6. The summed E-state index contributed by atoms with van der Waals surface area (Å²) in [5.74, 6) is 2.34. The summed E-state index contributed by atoms with van der Waals surface area (Å²) < 4.78 is 13.1. The minimum atomic E-state index is -0.384. The van der Waals surface area contributed by atoms with Crippen LogP contribution in [0.2, 0.25) is 0 Å². The van der Waals surface area contributed by atoms with E-state index in [4.69, 9.17) is 9.47 Å². The SMILES string of the molecule is CCNC(=O)NCCCN1CCc2cc(OC)c(OC)cc2C12CCC(C(=O)N1CCN(c3ncnc4c3cnn4Cc3ccccc3[N+](=O)[O-])CC1)CC2.